The third-order valence-corrected chi connectivity index (χ3v) is 4.76. The van der Waals surface area contributed by atoms with E-state index in [1.807, 2.05) is 0 Å². The molecule has 0 bridgehead atoms. The Labute approximate surface area is 103 Å². The molecule has 0 amide bonds. The Balaban J connectivity index is 1.85. The topological polar surface area (TPSA) is 91.2 Å². The first-order chi connectivity index (χ1) is 8.08. The van der Waals surface area contributed by atoms with Crippen LogP contribution in [0, 0.1) is 0 Å². The zero-order valence-electron chi connectivity index (χ0n) is 9.24. The highest BCUT2D eigenvalue weighted by atomic mass is 32.2. The number of aliphatic hydroxyl groups is 3. The van der Waals surface area contributed by atoms with Crippen LogP contribution in [-0.4, -0.2) is 57.9 Å². The van der Waals surface area contributed by atoms with Gasteiger partial charge in [-0.3, -0.25) is 5.32 Å². The first-order valence-corrected chi connectivity index (χ1v) is 6.45. The summed E-state index contributed by atoms with van der Waals surface area (Å²) in [5.74, 6) is 0.666. The molecule has 0 radical (unpaired) electrons. The average Bonchev–Trinajstić information content (AvgIpc) is 2.66. The van der Waals surface area contributed by atoms with E-state index in [1.54, 1.807) is 6.92 Å². The van der Waals surface area contributed by atoms with Gasteiger partial charge in [-0.05, 0) is 6.92 Å². The van der Waals surface area contributed by atoms with Gasteiger partial charge in [-0.2, -0.15) is 0 Å². The van der Waals surface area contributed by atoms with Crippen molar-refractivity contribution < 1.29 is 24.8 Å². The van der Waals surface area contributed by atoms with Gasteiger partial charge in [-0.1, -0.05) is 0 Å². The number of hydrogen-bond donors (Lipinski definition) is 4. The molecule has 0 aliphatic carbocycles. The molecule has 3 aliphatic rings. The maximum Gasteiger partial charge on any atom is 0.214 e. The lowest BCUT2D eigenvalue weighted by Crippen LogP contribution is -2.56. The molecule has 7 heteroatoms. The molecule has 1 fully saturated rings. The molecule has 96 valence electrons. The molecule has 6 atom stereocenters. The van der Waals surface area contributed by atoms with Crippen LogP contribution in [0.4, 0.5) is 0 Å². The van der Waals surface area contributed by atoms with Crippen molar-refractivity contribution in [2.24, 2.45) is 0 Å². The van der Waals surface area contributed by atoms with Gasteiger partial charge < -0.3 is 24.8 Å². The lowest BCUT2D eigenvalue weighted by Gasteiger charge is -2.43. The van der Waals surface area contributed by atoms with Gasteiger partial charge in [0.1, 0.15) is 29.4 Å². The average molecular weight is 261 g/mol. The third kappa shape index (κ3) is 1.78. The second kappa shape index (κ2) is 4.11. The first-order valence-electron chi connectivity index (χ1n) is 5.57. The normalized spacial score (nSPS) is 49.6. The predicted molar refractivity (Wildman–Crippen MR) is 59.8 cm³/mol. The van der Waals surface area contributed by atoms with Crippen molar-refractivity contribution in [3.63, 3.8) is 0 Å². The van der Waals surface area contributed by atoms with E-state index in [2.05, 4.69) is 5.32 Å². The summed E-state index contributed by atoms with van der Waals surface area (Å²) < 4.78 is 11.1. The highest BCUT2D eigenvalue weighted by Crippen LogP contribution is 2.43. The second-order valence-corrected chi connectivity index (χ2v) is 5.68. The molecule has 17 heavy (non-hydrogen) atoms. The number of ether oxygens (including phenoxy) is 2. The zero-order chi connectivity index (χ0) is 12.2. The summed E-state index contributed by atoms with van der Waals surface area (Å²) in [6.07, 6.45) is -3.64. The Morgan fingerprint density at radius 3 is 2.82 bits per heavy atom. The highest BCUT2D eigenvalue weighted by Gasteiger charge is 2.49. The molecule has 0 aromatic rings. The van der Waals surface area contributed by atoms with Crippen molar-refractivity contribution in [3.8, 4) is 0 Å². The molecule has 6 nitrogen and oxygen atoms in total. The molecular weight excluding hydrogens is 246 g/mol. The number of fused-ring (bicyclic) bond motifs is 1. The monoisotopic (exact) mass is 261 g/mol. The maximum atomic E-state index is 9.99. The molecule has 6 unspecified atom stereocenters. The molecule has 0 saturated carbocycles. The number of hydrogen-bond acceptors (Lipinski definition) is 7. The minimum absolute atomic E-state index is 0.408. The molecule has 1 saturated heterocycles. The van der Waals surface area contributed by atoms with Gasteiger partial charge >= 0.3 is 0 Å². The predicted octanol–water partition coefficient (Wildman–Crippen LogP) is -1.28. The van der Waals surface area contributed by atoms with E-state index < -0.39 is 36.1 Å². The first kappa shape index (κ1) is 11.8. The summed E-state index contributed by atoms with van der Waals surface area (Å²) in [4.78, 5) is 0.677. The van der Waals surface area contributed by atoms with Gasteiger partial charge in [0.05, 0.1) is 17.6 Å². The van der Waals surface area contributed by atoms with Gasteiger partial charge in [0.15, 0.2) is 0 Å². The van der Waals surface area contributed by atoms with Crippen molar-refractivity contribution in [2.75, 3.05) is 6.54 Å². The van der Waals surface area contributed by atoms with E-state index >= 15 is 0 Å². The van der Waals surface area contributed by atoms with Crippen molar-refractivity contribution in [2.45, 2.75) is 43.0 Å². The van der Waals surface area contributed by atoms with Gasteiger partial charge in [0, 0.05) is 0 Å². The highest BCUT2D eigenvalue weighted by molar-refractivity contribution is 8.03. The summed E-state index contributed by atoms with van der Waals surface area (Å²) in [6.45, 7) is 2.16. The summed E-state index contributed by atoms with van der Waals surface area (Å²) in [7, 11) is 0. The van der Waals surface area contributed by atoms with Crippen molar-refractivity contribution in [1.29, 1.82) is 0 Å². The fraction of sp³-hybridized carbons (Fsp3) is 0.800. The summed E-state index contributed by atoms with van der Waals surface area (Å²) in [5, 5.41) is 31.8. The van der Waals surface area contributed by atoms with Crippen LogP contribution in [-0.2, 0) is 9.47 Å². The quantitative estimate of drug-likeness (QED) is 0.431. The van der Waals surface area contributed by atoms with Gasteiger partial charge in [0.2, 0.25) is 6.29 Å². The van der Waals surface area contributed by atoms with Gasteiger partial charge in [-0.15, -0.1) is 11.8 Å². The Morgan fingerprint density at radius 2 is 2.06 bits per heavy atom. The third-order valence-electron chi connectivity index (χ3n) is 3.29. The lowest BCUT2D eigenvalue weighted by atomic mass is 10.0. The van der Waals surface area contributed by atoms with Crippen LogP contribution in [0.3, 0.4) is 0 Å². The molecule has 3 heterocycles. The molecule has 4 N–H and O–H groups in total. The van der Waals surface area contributed by atoms with E-state index in [0.29, 0.717) is 17.2 Å². The minimum atomic E-state index is -0.930. The molecule has 0 spiro atoms. The smallest absolute Gasteiger partial charge is 0.214 e. The van der Waals surface area contributed by atoms with Crippen LogP contribution in [0.2, 0.25) is 0 Å². The van der Waals surface area contributed by atoms with Crippen molar-refractivity contribution in [1.82, 2.24) is 5.32 Å². The Hall–Kier alpha value is -0.310. The van der Waals surface area contributed by atoms with E-state index in [4.69, 9.17) is 9.47 Å². The van der Waals surface area contributed by atoms with Gasteiger partial charge in [0.25, 0.3) is 0 Å². The summed E-state index contributed by atoms with van der Waals surface area (Å²) >= 11 is 1.32. The molecule has 3 aliphatic heterocycles. The van der Waals surface area contributed by atoms with Crippen LogP contribution in [0.5, 0.6) is 0 Å². The van der Waals surface area contributed by atoms with E-state index in [0.717, 1.165) is 0 Å². The number of rotatable bonds is 0. The maximum absolute atomic E-state index is 9.99. The number of aliphatic hydroxyl groups excluding tert-OH is 3. The molecule has 0 aromatic carbocycles. The van der Waals surface area contributed by atoms with Gasteiger partial charge in [-0.25, -0.2) is 0 Å². The van der Waals surface area contributed by atoms with E-state index in [-0.39, 0.29) is 0 Å². The molecular formula is C10H15NO5S. The fourth-order valence-electron chi connectivity index (χ4n) is 2.26. The summed E-state index contributed by atoms with van der Waals surface area (Å²) in [5.41, 5.74) is 0. The van der Waals surface area contributed by atoms with Crippen LogP contribution < -0.4 is 5.32 Å². The SMILES string of the molecule is CC1OC2OC3=C(SC2C(O)C1O)C(O)NC3. The van der Waals surface area contributed by atoms with Crippen LogP contribution in [0.25, 0.3) is 0 Å². The van der Waals surface area contributed by atoms with Crippen LogP contribution in [0.1, 0.15) is 6.92 Å². The number of thioether (sulfide) groups is 1. The molecule has 3 rings (SSSR count). The zero-order valence-corrected chi connectivity index (χ0v) is 10.1. The standard InChI is InChI=1S/C10H15NO5S/c1-3-5(12)6(13)8-10(15-3)16-4-2-11-9(14)7(4)17-8/h3,5-6,8-14H,2H2,1H3. The molecule has 0 aromatic heterocycles. The Morgan fingerprint density at radius 1 is 1.29 bits per heavy atom. The van der Waals surface area contributed by atoms with Crippen LogP contribution in [0.15, 0.2) is 10.7 Å². The van der Waals surface area contributed by atoms with Crippen molar-refractivity contribution >= 4 is 11.8 Å². The fourth-order valence-corrected chi connectivity index (χ4v) is 3.55. The summed E-state index contributed by atoms with van der Waals surface area (Å²) in [6, 6.07) is 0. The van der Waals surface area contributed by atoms with Crippen LogP contribution >= 0.6 is 11.8 Å². The lowest BCUT2D eigenvalue weighted by molar-refractivity contribution is -0.230. The Bertz CT molecular complexity index is 363. The van der Waals surface area contributed by atoms with E-state index in [9.17, 15) is 15.3 Å². The number of nitrogens with one attached hydrogen (secondary N) is 1. The minimum Gasteiger partial charge on any atom is -0.466 e. The van der Waals surface area contributed by atoms with Crippen molar-refractivity contribution in [3.05, 3.63) is 10.7 Å². The Kier molecular flexibility index (Phi) is 2.85. The second-order valence-electron chi connectivity index (χ2n) is 4.46. The largest absolute Gasteiger partial charge is 0.466 e. The van der Waals surface area contributed by atoms with E-state index in [1.165, 1.54) is 11.8 Å².